The van der Waals surface area contributed by atoms with Gasteiger partial charge in [-0.2, -0.15) is 0 Å². The van der Waals surface area contributed by atoms with Crippen LogP contribution in [0.15, 0.2) is 59.9 Å². The quantitative estimate of drug-likeness (QED) is 0.233. The summed E-state index contributed by atoms with van der Waals surface area (Å²) in [5.74, 6) is -0.743. The molecule has 0 aliphatic heterocycles. The Kier molecular flexibility index (Phi) is 9.41. The molecule has 0 saturated carbocycles. The SMILES string of the molecule is COc1ccc(/C=C/C(=O)C(CC(N)=O)=C(O)/C=C/c2ccc(CO)c(CO)c2)cc1OC. The van der Waals surface area contributed by atoms with Gasteiger partial charge in [-0.3, -0.25) is 9.59 Å². The van der Waals surface area contributed by atoms with Crippen LogP contribution in [0.5, 0.6) is 11.5 Å². The highest BCUT2D eigenvalue weighted by Crippen LogP contribution is 2.28. The minimum atomic E-state index is -0.771. The molecule has 1 amide bonds. The first-order chi connectivity index (χ1) is 15.8. The van der Waals surface area contributed by atoms with Gasteiger partial charge in [-0.25, -0.2) is 0 Å². The Hall–Kier alpha value is -3.88. The number of aliphatic hydroxyl groups excluding tert-OH is 3. The monoisotopic (exact) mass is 453 g/mol. The fraction of sp³-hybridized carbons (Fsp3) is 0.200. The molecular weight excluding hydrogens is 426 g/mol. The molecule has 2 rings (SSSR count). The highest BCUT2D eigenvalue weighted by Gasteiger charge is 2.15. The molecule has 0 spiro atoms. The summed E-state index contributed by atoms with van der Waals surface area (Å²) < 4.78 is 10.4. The third-order valence-corrected chi connectivity index (χ3v) is 4.80. The Morgan fingerprint density at radius 2 is 1.48 bits per heavy atom. The molecule has 0 radical (unpaired) electrons. The molecule has 0 bridgehead atoms. The average Bonchev–Trinajstić information content (AvgIpc) is 2.83. The maximum atomic E-state index is 12.7. The summed E-state index contributed by atoms with van der Waals surface area (Å²) in [7, 11) is 3.01. The summed E-state index contributed by atoms with van der Waals surface area (Å²) in [6.45, 7) is -0.472. The summed E-state index contributed by atoms with van der Waals surface area (Å²) >= 11 is 0. The van der Waals surface area contributed by atoms with E-state index in [1.807, 2.05) is 0 Å². The first-order valence-corrected chi connectivity index (χ1v) is 9.99. The largest absolute Gasteiger partial charge is 0.508 e. The van der Waals surface area contributed by atoms with Gasteiger partial charge in [0, 0.05) is 0 Å². The second kappa shape index (κ2) is 12.2. The van der Waals surface area contributed by atoms with Crippen molar-refractivity contribution < 1.29 is 34.4 Å². The third-order valence-electron chi connectivity index (χ3n) is 4.80. The molecule has 0 aromatic heterocycles. The van der Waals surface area contributed by atoms with Crippen LogP contribution in [-0.2, 0) is 22.8 Å². The molecule has 0 unspecified atom stereocenters. The average molecular weight is 453 g/mol. The summed E-state index contributed by atoms with van der Waals surface area (Å²) in [6, 6.07) is 10.0. The van der Waals surface area contributed by atoms with Crippen LogP contribution in [0.2, 0.25) is 0 Å². The van der Waals surface area contributed by atoms with Gasteiger partial charge in [-0.15, -0.1) is 0 Å². The van der Waals surface area contributed by atoms with Crippen molar-refractivity contribution >= 4 is 23.8 Å². The number of methoxy groups -OCH3 is 2. The summed E-state index contributed by atoms with van der Waals surface area (Å²) in [5, 5.41) is 29.2. The van der Waals surface area contributed by atoms with Crippen LogP contribution < -0.4 is 15.2 Å². The number of amides is 1. The first kappa shape index (κ1) is 25.4. The molecule has 0 saturated heterocycles. The van der Waals surface area contributed by atoms with Gasteiger partial charge in [0.2, 0.25) is 5.91 Å². The van der Waals surface area contributed by atoms with E-state index in [0.717, 1.165) is 0 Å². The molecule has 2 aromatic rings. The van der Waals surface area contributed by atoms with E-state index < -0.39 is 23.9 Å². The van der Waals surface area contributed by atoms with Crippen molar-refractivity contribution in [1.29, 1.82) is 0 Å². The fourth-order valence-corrected chi connectivity index (χ4v) is 3.03. The van der Waals surface area contributed by atoms with Crippen molar-refractivity contribution in [3.05, 3.63) is 82.1 Å². The first-order valence-electron chi connectivity index (χ1n) is 9.99. The van der Waals surface area contributed by atoms with Gasteiger partial charge in [0.15, 0.2) is 17.3 Å². The molecule has 0 atom stereocenters. The summed E-state index contributed by atoms with van der Waals surface area (Å²) in [5.41, 5.74) is 7.48. The normalized spacial score (nSPS) is 12.1. The second-order valence-corrected chi connectivity index (χ2v) is 7.00. The number of nitrogens with two attached hydrogens (primary N) is 1. The minimum Gasteiger partial charge on any atom is -0.508 e. The standard InChI is InChI=1S/C25H27NO7/c1-32-23-10-6-17(12-24(23)33-2)5-9-22(30)20(13-25(26)31)21(29)8-4-16-3-7-18(14-27)19(11-16)15-28/h3-12,27-29H,13-15H2,1-2H3,(H2,26,31)/b8-4+,9-5+,21-20?. The molecule has 8 heteroatoms. The zero-order chi connectivity index (χ0) is 24.4. The van der Waals surface area contributed by atoms with Gasteiger partial charge < -0.3 is 30.5 Å². The van der Waals surface area contributed by atoms with E-state index in [9.17, 15) is 24.9 Å². The van der Waals surface area contributed by atoms with Gasteiger partial charge in [-0.1, -0.05) is 30.4 Å². The van der Waals surface area contributed by atoms with Gasteiger partial charge >= 0.3 is 0 Å². The van der Waals surface area contributed by atoms with Crippen molar-refractivity contribution in [2.24, 2.45) is 5.73 Å². The Labute approximate surface area is 191 Å². The van der Waals surface area contributed by atoms with Gasteiger partial charge in [0.1, 0.15) is 5.76 Å². The van der Waals surface area contributed by atoms with Crippen molar-refractivity contribution in [3.8, 4) is 11.5 Å². The number of ether oxygens (including phenoxy) is 2. The number of ketones is 1. The minimum absolute atomic E-state index is 0.162. The molecule has 5 N–H and O–H groups in total. The lowest BCUT2D eigenvalue weighted by Crippen LogP contribution is -2.15. The smallest absolute Gasteiger partial charge is 0.222 e. The Balaban J connectivity index is 2.31. The zero-order valence-corrected chi connectivity index (χ0v) is 18.4. The maximum absolute atomic E-state index is 12.7. The third kappa shape index (κ3) is 7.06. The van der Waals surface area contributed by atoms with E-state index in [-0.39, 0.29) is 18.8 Å². The summed E-state index contributed by atoms with van der Waals surface area (Å²) in [6.07, 6.45) is 5.08. The second-order valence-electron chi connectivity index (χ2n) is 7.00. The van der Waals surface area contributed by atoms with Crippen molar-refractivity contribution in [2.45, 2.75) is 19.6 Å². The number of carbonyl (C=O) groups excluding carboxylic acids is 2. The molecule has 0 aliphatic carbocycles. The van der Waals surface area contributed by atoms with E-state index in [1.54, 1.807) is 36.4 Å². The molecule has 33 heavy (non-hydrogen) atoms. The van der Waals surface area contributed by atoms with Crippen molar-refractivity contribution in [1.82, 2.24) is 0 Å². The predicted molar refractivity (Wildman–Crippen MR) is 124 cm³/mol. The number of aliphatic hydroxyl groups is 3. The molecule has 8 nitrogen and oxygen atoms in total. The van der Waals surface area contributed by atoms with Crippen molar-refractivity contribution in [3.63, 3.8) is 0 Å². The number of rotatable bonds is 11. The number of allylic oxidation sites excluding steroid dienone is 2. The van der Waals surface area contributed by atoms with Crippen LogP contribution in [0.1, 0.15) is 28.7 Å². The van der Waals surface area contributed by atoms with E-state index in [4.69, 9.17) is 15.2 Å². The predicted octanol–water partition coefficient (Wildman–Crippen LogP) is 2.67. The molecular formula is C25H27NO7. The van der Waals surface area contributed by atoms with Crippen LogP contribution in [0.3, 0.4) is 0 Å². The highest BCUT2D eigenvalue weighted by molar-refractivity contribution is 6.09. The number of benzene rings is 2. The molecule has 0 heterocycles. The van der Waals surface area contributed by atoms with Crippen LogP contribution in [-0.4, -0.2) is 41.2 Å². The van der Waals surface area contributed by atoms with E-state index in [2.05, 4.69) is 0 Å². The van der Waals surface area contributed by atoms with Gasteiger partial charge in [-0.05, 0) is 52.6 Å². The lowest BCUT2D eigenvalue weighted by Gasteiger charge is -2.08. The lowest BCUT2D eigenvalue weighted by molar-refractivity contribution is -0.119. The van der Waals surface area contributed by atoms with Crippen LogP contribution in [0.25, 0.3) is 12.2 Å². The number of hydrogen-bond acceptors (Lipinski definition) is 7. The van der Waals surface area contributed by atoms with Gasteiger partial charge in [0.25, 0.3) is 0 Å². The molecule has 2 aromatic carbocycles. The van der Waals surface area contributed by atoms with E-state index >= 15 is 0 Å². The maximum Gasteiger partial charge on any atom is 0.222 e. The number of hydrogen-bond donors (Lipinski definition) is 4. The van der Waals surface area contributed by atoms with Crippen molar-refractivity contribution in [2.75, 3.05) is 14.2 Å². The Morgan fingerprint density at radius 3 is 2.09 bits per heavy atom. The van der Waals surface area contributed by atoms with E-state index in [1.165, 1.54) is 38.5 Å². The zero-order valence-electron chi connectivity index (χ0n) is 18.4. The van der Waals surface area contributed by atoms with Crippen LogP contribution in [0.4, 0.5) is 0 Å². The van der Waals surface area contributed by atoms with Gasteiger partial charge in [0.05, 0.1) is 39.4 Å². The van der Waals surface area contributed by atoms with Crippen LogP contribution in [0, 0.1) is 0 Å². The van der Waals surface area contributed by atoms with E-state index in [0.29, 0.717) is 33.8 Å². The topological polar surface area (TPSA) is 139 Å². The number of primary amides is 1. The highest BCUT2D eigenvalue weighted by atomic mass is 16.5. The number of carbonyl (C=O) groups is 2. The molecule has 0 aliphatic rings. The molecule has 0 fully saturated rings. The summed E-state index contributed by atoms with van der Waals surface area (Å²) in [4.78, 5) is 24.2. The Bertz CT molecular complexity index is 1100. The fourth-order valence-electron chi connectivity index (χ4n) is 3.03. The molecule has 174 valence electrons. The Morgan fingerprint density at radius 1 is 0.879 bits per heavy atom. The van der Waals surface area contributed by atoms with Crippen LogP contribution >= 0.6 is 0 Å². The lowest BCUT2D eigenvalue weighted by atomic mass is 10.0.